The van der Waals surface area contributed by atoms with Crippen LogP contribution in [0.4, 0.5) is 34.8 Å². The van der Waals surface area contributed by atoms with Crippen molar-refractivity contribution in [2.45, 2.75) is 19.0 Å². The van der Waals surface area contributed by atoms with Gasteiger partial charge in [0, 0.05) is 49.9 Å². The van der Waals surface area contributed by atoms with Crippen molar-refractivity contribution in [1.82, 2.24) is 15.3 Å². The molecule has 0 saturated heterocycles. The summed E-state index contributed by atoms with van der Waals surface area (Å²) >= 11 is 0. The molecule has 0 radical (unpaired) electrons. The maximum Gasteiger partial charge on any atom is 0.416 e. The number of anilines is 3. The molecule has 4 rings (SSSR count). The number of rotatable bonds is 8. The first-order chi connectivity index (χ1) is 16.5. The number of hydrogen-bond acceptors (Lipinski definition) is 5. The van der Waals surface area contributed by atoms with Crippen molar-refractivity contribution in [2.75, 3.05) is 30.9 Å². The van der Waals surface area contributed by atoms with Crippen LogP contribution in [0.15, 0.2) is 54.1 Å². The number of nitrogens with zero attached hydrogens (tertiary/aromatic N) is 2. The van der Waals surface area contributed by atoms with Gasteiger partial charge in [0.25, 0.3) is 5.56 Å². The number of halogens is 4. The summed E-state index contributed by atoms with van der Waals surface area (Å²) < 4.78 is 54.3. The van der Waals surface area contributed by atoms with Crippen molar-refractivity contribution >= 4 is 22.9 Å². The van der Waals surface area contributed by atoms with E-state index in [-0.39, 0.29) is 5.56 Å². The maximum absolute atomic E-state index is 14.6. The van der Waals surface area contributed by atoms with Crippen LogP contribution in [-0.2, 0) is 6.18 Å². The third kappa shape index (κ3) is 5.47. The molecule has 0 atom stereocenters. The Morgan fingerprint density at radius 1 is 1.17 bits per heavy atom. The first-order valence-electron chi connectivity index (χ1n) is 11.0. The highest BCUT2D eigenvalue weighted by molar-refractivity contribution is 5.82. The van der Waals surface area contributed by atoms with Gasteiger partial charge in [0.1, 0.15) is 11.6 Å². The molecule has 10 heteroatoms. The lowest BCUT2D eigenvalue weighted by Gasteiger charge is -2.21. The highest BCUT2D eigenvalue weighted by Crippen LogP contribution is 2.35. The Hall–Kier alpha value is -3.82. The molecule has 1 aliphatic carbocycles. The zero-order valence-corrected chi connectivity index (χ0v) is 19.3. The van der Waals surface area contributed by atoms with Crippen LogP contribution in [-0.4, -0.2) is 30.6 Å². The van der Waals surface area contributed by atoms with Gasteiger partial charge in [-0.25, -0.2) is 4.39 Å². The van der Waals surface area contributed by atoms with Gasteiger partial charge in [-0.15, -0.1) is 0 Å². The predicted molar refractivity (Wildman–Crippen MR) is 129 cm³/mol. The van der Waals surface area contributed by atoms with Crippen molar-refractivity contribution in [3.63, 3.8) is 0 Å². The van der Waals surface area contributed by atoms with Crippen LogP contribution in [0.3, 0.4) is 0 Å². The summed E-state index contributed by atoms with van der Waals surface area (Å²) in [6.45, 7) is 4.89. The Morgan fingerprint density at radius 2 is 1.91 bits per heavy atom. The molecular weight excluding hydrogens is 462 g/mol. The number of hydrogen-bond donors (Lipinski definition) is 3. The molecule has 0 amide bonds. The number of H-pyrrole nitrogens is 1. The molecule has 1 aliphatic rings. The Labute approximate surface area is 199 Å². The maximum atomic E-state index is 14.6. The predicted octanol–water partition coefficient (Wildman–Crippen LogP) is 5.37. The summed E-state index contributed by atoms with van der Waals surface area (Å²) in [6.07, 6.45) is 0.890. The summed E-state index contributed by atoms with van der Waals surface area (Å²) in [5, 5.41) is 6.51. The summed E-state index contributed by atoms with van der Waals surface area (Å²) in [6, 6.07) is 5.05. The largest absolute Gasteiger partial charge is 0.416 e. The van der Waals surface area contributed by atoms with Gasteiger partial charge in [0.15, 0.2) is 0 Å². The van der Waals surface area contributed by atoms with Gasteiger partial charge in [-0.2, -0.15) is 13.2 Å². The van der Waals surface area contributed by atoms with Crippen molar-refractivity contribution in [2.24, 2.45) is 5.92 Å². The average Bonchev–Trinajstić information content (AvgIpc) is 3.63. The number of aromatic nitrogens is 2. The molecule has 3 N–H and O–H groups in total. The molecule has 35 heavy (non-hydrogen) atoms. The second kappa shape index (κ2) is 9.44. The molecule has 1 fully saturated rings. The molecule has 6 nitrogen and oxygen atoms in total. The SMILES string of the molecule is C=C(NCC1CC1)c1cnccc1Nc1cc(-c2cc(C(F)(F)F)ccc2F)c(=O)[nH]c1N(C)C. The summed E-state index contributed by atoms with van der Waals surface area (Å²) in [5.41, 5.74) is -0.120. The monoisotopic (exact) mass is 487 g/mol. The summed E-state index contributed by atoms with van der Waals surface area (Å²) in [7, 11) is 3.40. The molecule has 1 saturated carbocycles. The molecule has 0 bridgehead atoms. The Balaban J connectivity index is 1.76. The number of alkyl halides is 3. The number of pyridine rings is 2. The van der Waals surface area contributed by atoms with Crippen LogP contribution in [0.2, 0.25) is 0 Å². The van der Waals surface area contributed by atoms with Crippen LogP contribution >= 0.6 is 0 Å². The van der Waals surface area contributed by atoms with E-state index in [1.54, 1.807) is 37.5 Å². The Bertz CT molecular complexity index is 1310. The smallest absolute Gasteiger partial charge is 0.385 e. The molecule has 0 unspecified atom stereocenters. The molecule has 0 aliphatic heterocycles. The lowest BCUT2D eigenvalue weighted by molar-refractivity contribution is -0.137. The van der Waals surface area contributed by atoms with E-state index in [2.05, 4.69) is 27.2 Å². The zero-order chi connectivity index (χ0) is 25.3. The first kappa shape index (κ1) is 24.3. The molecule has 0 spiro atoms. The minimum Gasteiger partial charge on any atom is -0.385 e. The average molecular weight is 488 g/mol. The van der Waals surface area contributed by atoms with E-state index in [4.69, 9.17) is 0 Å². The fraction of sp³-hybridized carbons (Fsp3) is 0.280. The van der Waals surface area contributed by atoms with Crippen LogP contribution in [0.1, 0.15) is 24.0 Å². The van der Waals surface area contributed by atoms with Gasteiger partial charge in [-0.05, 0) is 49.1 Å². The normalized spacial score (nSPS) is 13.4. The Kier molecular flexibility index (Phi) is 6.56. The van der Waals surface area contributed by atoms with Gasteiger partial charge < -0.3 is 20.5 Å². The van der Waals surface area contributed by atoms with E-state index in [0.29, 0.717) is 52.6 Å². The standard InChI is InChI=1S/C25H25F4N5O/c1-14(31-12-15-4-5-15)19-13-30-9-8-21(19)32-22-11-18(24(35)33-23(22)34(2)3)17-10-16(25(27,28)29)6-7-20(17)26/h6-11,13,15,31H,1,4-5,12H2,2-3H3,(H,30,32)(H,33,35). The van der Waals surface area contributed by atoms with Gasteiger partial charge >= 0.3 is 6.18 Å². The zero-order valence-electron chi connectivity index (χ0n) is 19.3. The van der Waals surface area contributed by atoms with Crippen molar-refractivity contribution in [1.29, 1.82) is 0 Å². The van der Waals surface area contributed by atoms with Gasteiger partial charge in [-0.1, -0.05) is 6.58 Å². The third-order valence-corrected chi connectivity index (χ3v) is 5.77. The number of nitrogens with one attached hydrogen (secondary N) is 3. The van der Waals surface area contributed by atoms with E-state index >= 15 is 0 Å². The van der Waals surface area contributed by atoms with E-state index in [9.17, 15) is 22.4 Å². The first-order valence-corrected chi connectivity index (χ1v) is 11.0. The number of aromatic amines is 1. The molecule has 2 heterocycles. The van der Waals surface area contributed by atoms with E-state index in [1.807, 2.05) is 0 Å². The van der Waals surface area contributed by atoms with E-state index in [1.165, 1.54) is 18.9 Å². The minimum atomic E-state index is -4.68. The van der Waals surface area contributed by atoms with Crippen LogP contribution in [0.25, 0.3) is 16.8 Å². The second-order valence-electron chi connectivity index (χ2n) is 8.71. The Morgan fingerprint density at radius 3 is 2.57 bits per heavy atom. The highest BCUT2D eigenvalue weighted by atomic mass is 19.4. The van der Waals surface area contributed by atoms with Crippen molar-refractivity contribution in [3.8, 4) is 11.1 Å². The topological polar surface area (TPSA) is 73.0 Å². The molecule has 2 aromatic heterocycles. The fourth-order valence-electron chi connectivity index (χ4n) is 3.65. The van der Waals surface area contributed by atoms with Crippen molar-refractivity contribution < 1.29 is 17.6 Å². The van der Waals surface area contributed by atoms with E-state index in [0.717, 1.165) is 6.54 Å². The summed E-state index contributed by atoms with van der Waals surface area (Å²) in [4.78, 5) is 21.3. The van der Waals surface area contributed by atoms with Gasteiger partial charge in [-0.3, -0.25) is 9.78 Å². The fourth-order valence-corrected chi connectivity index (χ4v) is 3.65. The van der Waals surface area contributed by atoms with Gasteiger partial charge in [0.2, 0.25) is 0 Å². The van der Waals surface area contributed by atoms with Crippen LogP contribution < -0.4 is 21.1 Å². The lowest BCUT2D eigenvalue weighted by Crippen LogP contribution is -2.20. The molecule has 1 aromatic carbocycles. The van der Waals surface area contributed by atoms with Crippen molar-refractivity contribution in [3.05, 3.63) is 76.6 Å². The quantitative estimate of drug-likeness (QED) is 0.373. The van der Waals surface area contributed by atoms with E-state index < -0.39 is 28.7 Å². The van der Waals surface area contributed by atoms with Gasteiger partial charge in [0.05, 0.1) is 22.5 Å². The summed E-state index contributed by atoms with van der Waals surface area (Å²) in [5.74, 6) is 0.0593. The second-order valence-corrected chi connectivity index (χ2v) is 8.71. The number of benzene rings is 1. The third-order valence-electron chi connectivity index (χ3n) is 5.77. The van der Waals surface area contributed by atoms with Crippen LogP contribution in [0, 0.1) is 11.7 Å². The lowest BCUT2D eigenvalue weighted by atomic mass is 10.0. The minimum absolute atomic E-state index is 0.233. The molecule has 3 aromatic rings. The molecular formula is C25H25F4N5O. The highest BCUT2D eigenvalue weighted by Gasteiger charge is 2.31. The van der Waals surface area contributed by atoms with Crippen LogP contribution in [0.5, 0.6) is 0 Å². The molecule has 184 valence electrons.